The lowest BCUT2D eigenvalue weighted by Gasteiger charge is -2.38. The summed E-state index contributed by atoms with van der Waals surface area (Å²) in [7, 11) is 1.32. The number of hydrogen-bond acceptors (Lipinski definition) is 7. The Morgan fingerprint density at radius 3 is 2.71 bits per heavy atom. The Hall–Kier alpha value is -5.26. The monoisotopic (exact) mass is 711 g/mol. The predicted molar refractivity (Wildman–Crippen MR) is 206 cm³/mol. The van der Waals surface area contributed by atoms with Crippen LogP contribution >= 0.6 is 11.3 Å². The lowest BCUT2D eigenvalue weighted by molar-refractivity contribution is -0.136. The first-order chi connectivity index (χ1) is 25.4. The van der Waals surface area contributed by atoms with E-state index in [9.17, 15) is 9.59 Å². The number of hydrogen-bond donors (Lipinski definition) is 4. The van der Waals surface area contributed by atoms with Gasteiger partial charge in [-0.15, -0.1) is 11.3 Å². The molecular weight excluding hydrogens is 671 g/mol. The second-order valence-corrected chi connectivity index (χ2v) is 15.6. The van der Waals surface area contributed by atoms with Gasteiger partial charge in [0.05, 0.1) is 42.1 Å². The molecule has 1 unspecified atom stereocenters. The maximum Gasteiger partial charge on any atom is 0.407 e. The van der Waals surface area contributed by atoms with Crippen molar-refractivity contribution in [2.45, 2.75) is 57.2 Å². The highest BCUT2D eigenvalue weighted by Gasteiger charge is 2.44. The zero-order valence-corrected chi connectivity index (χ0v) is 30.1. The van der Waals surface area contributed by atoms with Gasteiger partial charge in [0.25, 0.3) is 0 Å². The fourth-order valence-electron chi connectivity index (χ4n) is 8.18. The number of rotatable bonds is 7. The van der Waals surface area contributed by atoms with E-state index in [0.29, 0.717) is 19.0 Å². The Morgan fingerprint density at radius 2 is 1.88 bits per heavy atom. The Balaban J connectivity index is 0.987. The summed E-state index contributed by atoms with van der Waals surface area (Å²) in [6.07, 6.45) is 13.8. The Kier molecular flexibility index (Phi) is 8.19. The third kappa shape index (κ3) is 5.78. The van der Waals surface area contributed by atoms with Crippen molar-refractivity contribution in [1.29, 1.82) is 0 Å². The number of nitrogens with zero attached hydrogens (tertiary/aromatic N) is 3. The van der Waals surface area contributed by atoms with E-state index in [0.717, 1.165) is 70.5 Å². The SMILES string of the molecule is COC(=O)N[C@@H](C(=O)N1CCC[C@H]1c1nc2c(ccc3cc(-c4cc5ccc(-c6cnc([C@@H]7CCCN7)[nH]6)cc5s4)ccc32)[nH]1)C1(C)C=CC=CC1. The number of benzene rings is 3. The Labute approximate surface area is 305 Å². The number of carbonyl (C=O) groups excluding carboxylic acids is 2. The number of methoxy groups -OCH3 is 1. The number of imidazole rings is 2. The number of nitrogens with one attached hydrogen (secondary N) is 4. The van der Waals surface area contributed by atoms with Crippen LogP contribution in [0.2, 0.25) is 0 Å². The number of amides is 2. The molecule has 4 atom stereocenters. The topological polar surface area (TPSA) is 128 Å². The number of aromatic amines is 2. The van der Waals surface area contributed by atoms with Crippen molar-refractivity contribution in [1.82, 2.24) is 35.5 Å². The lowest BCUT2D eigenvalue weighted by atomic mass is 9.76. The minimum Gasteiger partial charge on any atom is -0.453 e. The number of aromatic nitrogens is 4. The van der Waals surface area contributed by atoms with Gasteiger partial charge in [0.2, 0.25) is 5.91 Å². The largest absolute Gasteiger partial charge is 0.453 e. The Bertz CT molecular complexity index is 2400. The molecule has 9 rings (SSSR count). The molecule has 11 heteroatoms. The number of carbonyl (C=O) groups is 2. The zero-order chi connectivity index (χ0) is 35.4. The van der Waals surface area contributed by atoms with Crippen molar-refractivity contribution < 1.29 is 14.3 Å². The Morgan fingerprint density at radius 1 is 1.00 bits per heavy atom. The lowest BCUT2D eigenvalue weighted by Crippen LogP contribution is -2.55. The summed E-state index contributed by atoms with van der Waals surface area (Å²) in [6.45, 7) is 3.64. The second-order valence-electron chi connectivity index (χ2n) is 14.5. The average molecular weight is 712 g/mol. The molecule has 3 aliphatic rings. The smallest absolute Gasteiger partial charge is 0.407 e. The van der Waals surface area contributed by atoms with Crippen molar-refractivity contribution in [3.8, 4) is 21.7 Å². The van der Waals surface area contributed by atoms with E-state index in [-0.39, 0.29) is 11.9 Å². The van der Waals surface area contributed by atoms with Gasteiger partial charge in [0, 0.05) is 32.5 Å². The van der Waals surface area contributed by atoms with Crippen LogP contribution in [-0.4, -0.2) is 63.1 Å². The van der Waals surface area contributed by atoms with Gasteiger partial charge in [-0.1, -0.05) is 61.6 Å². The van der Waals surface area contributed by atoms with Gasteiger partial charge in [0.1, 0.15) is 17.7 Å². The molecule has 2 fully saturated rings. The first-order valence-electron chi connectivity index (χ1n) is 18.1. The number of thiophene rings is 1. The fourth-order valence-corrected chi connectivity index (χ4v) is 9.27. The zero-order valence-electron chi connectivity index (χ0n) is 29.2. The molecule has 52 heavy (non-hydrogen) atoms. The van der Waals surface area contributed by atoms with Gasteiger partial charge >= 0.3 is 6.09 Å². The number of allylic oxidation sites excluding steroid dienone is 3. The number of fused-ring (bicyclic) bond motifs is 4. The molecule has 5 heterocycles. The van der Waals surface area contributed by atoms with Crippen LogP contribution in [0.1, 0.15) is 62.8 Å². The molecule has 2 amide bonds. The van der Waals surface area contributed by atoms with Gasteiger partial charge in [0.15, 0.2) is 0 Å². The van der Waals surface area contributed by atoms with Gasteiger partial charge < -0.3 is 30.2 Å². The van der Waals surface area contributed by atoms with Crippen molar-refractivity contribution in [3.05, 3.63) is 96.7 Å². The minimum absolute atomic E-state index is 0.128. The third-order valence-corrected chi connectivity index (χ3v) is 12.2. The highest BCUT2D eigenvalue weighted by atomic mass is 32.1. The van der Waals surface area contributed by atoms with Gasteiger partial charge in [-0.25, -0.2) is 14.8 Å². The molecule has 0 bridgehead atoms. The van der Waals surface area contributed by atoms with Crippen LogP contribution in [0.15, 0.2) is 85.1 Å². The number of H-pyrrole nitrogens is 2. The normalized spacial score (nSPS) is 22.2. The first-order valence-corrected chi connectivity index (χ1v) is 18.9. The second kappa shape index (κ2) is 13.1. The molecule has 0 spiro atoms. The van der Waals surface area contributed by atoms with Crippen molar-refractivity contribution in [2.75, 3.05) is 20.2 Å². The third-order valence-electron chi connectivity index (χ3n) is 11.1. The van der Waals surface area contributed by atoms with E-state index in [2.05, 4.69) is 80.2 Å². The van der Waals surface area contributed by atoms with Gasteiger partial charge in [-0.2, -0.15) is 0 Å². The first kappa shape index (κ1) is 32.6. The van der Waals surface area contributed by atoms with Crippen LogP contribution in [0.25, 0.3) is 53.6 Å². The van der Waals surface area contributed by atoms with E-state index >= 15 is 0 Å². The average Bonchev–Trinajstić information content (AvgIpc) is 4.01. The van der Waals surface area contributed by atoms with Crippen LogP contribution in [0.3, 0.4) is 0 Å². The van der Waals surface area contributed by atoms with Crippen LogP contribution in [-0.2, 0) is 9.53 Å². The van der Waals surface area contributed by atoms with Crippen molar-refractivity contribution in [3.63, 3.8) is 0 Å². The molecule has 264 valence electrons. The minimum atomic E-state index is -0.775. The van der Waals surface area contributed by atoms with Gasteiger partial charge in [-0.05, 0) is 79.3 Å². The predicted octanol–water partition coefficient (Wildman–Crippen LogP) is 8.32. The van der Waals surface area contributed by atoms with Gasteiger partial charge in [-0.3, -0.25) is 4.79 Å². The molecule has 10 nitrogen and oxygen atoms in total. The molecule has 2 aliphatic heterocycles. The molecular formula is C41H41N7O3S. The van der Waals surface area contributed by atoms with E-state index in [1.165, 1.54) is 34.1 Å². The maximum absolute atomic E-state index is 14.2. The quantitative estimate of drug-likeness (QED) is 0.132. The van der Waals surface area contributed by atoms with Crippen LogP contribution in [0, 0.1) is 5.41 Å². The molecule has 3 aromatic heterocycles. The van der Waals surface area contributed by atoms with Crippen molar-refractivity contribution >= 4 is 55.2 Å². The van der Waals surface area contributed by atoms with Crippen LogP contribution in [0.5, 0.6) is 0 Å². The molecule has 6 aromatic rings. The number of alkyl carbamates (subject to hydrolysis) is 1. The van der Waals surface area contributed by atoms with E-state index in [1.54, 1.807) is 11.3 Å². The van der Waals surface area contributed by atoms with E-state index in [4.69, 9.17) is 9.72 Å². The maximum atomic E-state index is 14.2. The van der Waals surface area contributed by atoms with Crippen LogP contribution in [0.4, 0.5) is 4.79 Å². The highest BCUT2D eigenvalue weighted by Crippen LogP contribution is 2.40. The standard InChI is InChI=1S/C41H41N7O3S/c1-41(16-4-3-5-17-41)36(47-40(50)51-2)39(49)48-19-7-9-32(48)38-44-29-15-13-24-20-26(12-14-28(24)35(29)46-38)34-22-27-11-10-25(21-33(27)52-34)31-23-43-37(45-31)30-8-6-18-42-30/h3-5,10-16,20-23,30,32,36,42H,6-9,17-19H2,1-2H3,(H,43,45)(H,44,46)(H,47,50)/t30-,32-,36-,41?/m0/s1. The summed E-state index contributed by atoms with van der Waals surface area (Å²) < 4.78 is 6.16. The fraction of sp³-hybridized carbons (Fsp3) is 0.317. The number of ether oxygens (including phenoxy) is 1. The molecule has 4 N–H and O–H groups in total. The number of likely N-dealkylation sites (tertiary alicyclic amines) is 1. The molecule has 3 aromatic carbocycles. The summed E-state index contributed by atoms with van der Waals surface area (Å²) in [5.74, 6) is 1.66. The highest BCUT2D eigenvalue weighted by molar-refractivity contribution is 7.22. The molecule has 1 aliphatic carbocycles. The van der Waals surface area contributed by atoms with E-state index < -0.39 is 17.6 Å². The van der Waals surface area contributed by atoms with Crippen LogP contribution < -0.4 is 10.6 Å². The van der Waals surface area contributed by atoms with E-state index in [1.807, 2.05) is 42.3 Å². The summed E-state index contributed by atoms with van der Waals surface area (Å²) in [5.41, 5.74) is 4.60. The van der Waals surface area contributed by atoms with Crippen molar-refractivity contribution in [2.24, 2.45) is 5.41 Å². The molecule has 0 saturated carbocycles. The summed E-state index contributed by atoms with van der Waals surface area (Å²) in [4.78, 5) is 46.6. The summed E-state index contributed by atoms with van der Waals surface area (Å²) in [6, 6.07) is 19.0. The summed E-state index contributed by atoms with van der Waals surface area (Å²) in [5, 5.41) is 9.77. The molecule has 0 radical (unpaired) electrons. The summed E-state index contributed by atoms with van der Waals surface area (Å²) >= 11 is 1.80. The molecule has 2 saturated heterocycles.